The second kappa shape index (κ2) is 5.56. The zero-order valence-corrected chi connectivity index (χ0v) is 11.8. The maximum absolute atomic E-state index is 12.2. The van der Waals surface area contributed by atoms with Crippen LogP contribution in [0.15, 0.2) is 5.38 Å². The van der Waals surface area contributed by atoms with Gasteiger partial charge in [-0.3, -0.25) is 4.79 Å². The molecule has 1 fully saturated rings. The van der Waals surface area contributed by atoms with E-state index in [0.717, 1.165) is 23.5 Å². The Morgan fingerprint density at radius 2 is 2.21 bits per heavy atom. The van der Waals surface area contributed by atoms with E-state index in [-0.39, 0.29) is 18.6 Å². The van der Waals surface area contributed by atoms with Crippen LogP contribution in [0.3, 0.4) is 0 Å². The van der Waals surface area contributed by atoms with Crippen molar-refractivity contribution in [2.75, 3.05) is 13.6 Å². The summed E-state index contributed by atoms with van der Waals surface area (Å²) in [4.78, 5) is 30.3. The molecule has 1 aliphatic carbocycles. The van der Waals surface area contributed by atoms with Crippen molar-refractivity contribution in [3.63, 3.8) is 0 Å². The van der Waals surface area contributed by atoms with E-state index >= 15 is 0 Å². The van der Waals surface area contributed by atoms with Crippen LogP contribution in [0.2, 0.25) is 0 Å². The van der Waals surface area contributed by atoms with Crippen LogP contribution in [0.5, 0.6) is 0 Å². The van der Waals surface area contributed by atoms with Gasteiger partial charge in [0.05, 0.1) is 17.2 Å². The molecule has 0 aromatic carbocycles. The van der Waals surface area contributed by atoms with Gasteiger partial charge in [0.25, 0.3) is 0 Å². The molecule has 0 unspecified atom stereocenters. The largest absolute Gasteiger partial charge is 0.480 e. The molecular weight excluding hydrogens is 266 g/mol. The van der Waals surface area contributed by atoms with E-state index in [2.05, 4.69) is 4.98 Å². The van der Waals surface area contributed by atoms with Crippen molar-refractivity contribution in [3.8, 4) is 0 Å². The highest BCUT2D eigenvalue weighted by Gasteiger charge is 2.35. The fraction of sp³-hybridized carbons (Fsp3) is 0.583. The van der Waals surface area contributed by atoms with Crippen LogP contribution in [0.4, 0.5) is 4.79 Å². The second-order valence-electron chi connectivity index (χ2n) is 4.75. The van der Waals surface area contributed by atoms with Gasteiger partial charge in [0.1, 0.15) is 6.54 Å². The second-order valence-corrected chi connectivity index (χ2v) is 5.81. The predicted octanol–water partition coefficient (Wildman–Crippen LogP) is 1.55. The minimum Gasteiger partial charge on any atom is -0.480 e. The molecule has 1 aromatic heterocycles. The summed E-state index contributed by atoms with van der Waals surface area (Å²) in [5.41, 5.74) is 0.837. The molecule has 0 radical (unpaired) electrons. The van der Waals surface area contributed by atoms with Gasteiger partial charge < -0.3 is 14.9 Å². The first-order valence-electron chi connectivity index (χ1n) is 6.12. The lowest BCUT2D eigenvalue weighted by atomic mass is 10.4. The average molecular weight is 283 g/mol. The molecule has 1 N–H and O–H groups in total. The zero-order chi connectivity index (χ0) is 14.0. The molecule has 2 amide bonds. The number of carbonyl (C=O) groups is 2. The Morgan fingerprint density at radius 1 is 1.53 bits per heavy atom. The molecule has 0 saturated heterocycles. The average Bonchev–Trinajstić information content (AvgIpc) is 3.09. The van der Waals surface area contributed by atoms with E-state index in [4.69, 9.17) is 5.11 Å². The maximum Gasteiger partial charge on any atom is 0.323 e. The molecule has 7 heteroatoms. The van der Waals surface area contributed by atoms with Gasteiger partial charge in [-0.25, -0.2) is 9.78 Å². The molecule has 104 valence electrons. The Bertz CT molecular complexity index is 484. The highest BCUT2D eigenvalue weighted by molar-refractivity contribution is 7.09. The van der Waals surface area contributed by atoms with E-state index < -0.39 is 5.97 Å². The fourth-order valence-corrected chi connectivity index (χ4v) is 2.50. The molecule has 1 aliphatic rings. The fourth-order valence-electron chi connectivity index (χ4n) is 1.90. The number of carboxylic acids is 1. The van der Waals surface area contributed by atoms with Crippen LogP contribution in [0.25, 0.3) is 0 Å². The summed E-state index contributed by atoms with van der Waals surface area (Å²) in [7, 11) is 1.67. The molecule has 0 bridgehead atoms. The van der Waals surface area contributed by atoms with E-state index in [1.807, 2.05) is 12.3 Å². The van der Waals surface area contributed by atoms with Crippen LogP contribution >= 0.6 is 11.3 Å². The van der Waals surface area contributed by atoms with Crippen LogP contribution in [0.1, 0.15) is 23.5 Å². The number of rotatable bonds is 5. The summed E-state index contributed by atoms with van der Waals surface area (Å²) in [6, 6.07) is -0.154. The number of thiazole rings is 1. The number of urea groups is 1. The van der Waals surface area contributed by atoms with Crippen molar-refractivity contribution in [2.45, 2.75) is 32.4 Å². The number of aliphatic carboxylic acids is 1. The standard InChI is InChI=1S/C12H17N3O3S/c1-8-13-9(7-19-8)5-14(2)12(18)15(6-11(16)17)10-3-4-10/h7,10H,3-6H2,1-2H3,(H,16,17). The quantitative estimate of drug-likeness (QED) is 0.889. The van der Waals surface area contributed by atoms with Gasteiger partial charge in [-0.2, -0.15) is 0 Å². The van der Waals surface area contributed by atoms with Crippen LogP contribution < -0.4 is 0 Å². The van der Waals surface area contributed by atoms with E-state index in [0.29, 0.717) is 6.54 Å². The van der Waals surface area contributed by atoms with Crippen molar-refractivity contribution >= 4 is 23.3 Å². The summed E-state index contributed by atoms with van der Waals surface area (Å²) in [5.74, 6) is -0.974. The normalized spacial score (nSPS) is 14.2. The van der Waals surface area contributed by atoms with Gasteiger partial charge in [-0.15, -0.1) is 11.3 Å². The summed E-state index contributed by atoms with van der Waals surface area (Å²) < 4.78 is 0. The summed E-state index contributed by atoms with van der Waals surface area (Å²) in [6.45, 7) is 2.09. The van der Waals surface area contributed by atoms with Gasteiger partial charge >= 0.3 is 12.0 Å². The number of amides is 2. The molecule has 1 aromatic rings. The highest BCUT2D eigenvalue weighted by atomic mass is 32.1. The smallest absolute Gasteiger partial charge is 0.323 e. The number of carboxylic acid groups (broad SMARTS) is 1. The van der Waals surface area contributed by atoms with Gasteiger partial charge in [-0.05, 0) is 19.8 Å². The SMILES string of the molecule is Cc1nc(CN(C)C(=O)N(CC(=O)O)C2CC2)cs1. The predicted molar refractivity (Wildman–Crippen MR) is 71.1 cm³/mol. The first-order valence-corrected chi connectivity index (χ1v) is 7.00. The van der Waals surface area contributed by atoms with Crippen molar-refractivity contribution in [1.82, 2.24) is 14.8 Å². The number of aryl methyl sites for hydroxylation is 1. The lowest BCUT2D eigenvalue weighted by molar-refractivity contribution is -0.137. The number of nitrogens with zero attached hydrogens (tertiary/aromatic N) is 3. The minimum absolute atomic E-state index is 0.0863. The van der Waals surface area contributed by atoms with Crippen molar-refractivity contribution in [1.29, 1.82) is 0 Å². The Morgan fingerprint density at radius 3 is 2.68 bits per heavy atom. The number of hydrogen-bond donors (Lipinski definition) is 1. The van der Waals surface area contributed by atoms with Crippen LogP contribution in [-0.2, 0) is 11.3 Å². The van der Waals surface area contributed by atoms with E-state index in [9.17, 15) is 9.59 Å². The lowest BCUT2D eigenvalue weighted by Gasteiger charge is -2.26. The molecule has 0 aliphatic heterocycles. The molecule has 0 spiro atoms. The first-order chi connectivity index (χ1) is 8.97. The van der Waals surface area contributed by atoms with E-state index in [1.54, 1.807) is 7.05 Å². The van der Waals surface area contributed by atoms with Crippen molar-refractivity contribution in [2.24, 2.45) is 0 Å². The third-order valence-electron chi connectivity index (χ3n) is 2.93. The van der Waals surface area contributed by atoms with Gasteiger partial charge in [0.2, 0.25) is 0 Å². The molecule has 1 heterocycles. The summed E-state index contributed by atoms with van der Waals surface area (Å²) in [6.07, 6.45) is 1.78. The Labute approximate surface area is 115 Å². The zero-order valence-electron chi connectivity index (χ0n) is 11.0. The number of carbonyl (C=O) groups excluding carboxylic acids is 1. The molecule has 1 saturated carbocycles. The number of hydrogen-bond acceptors (Lipinski definition) is 4. The van der Waals surface area contributed by atoms with Crippen molar-refractivity contribution < 1.29 is 14.7 Å². The minimum atomic E-state index is -0.974. The van der Waals surface area contributed by atoms with Crippen LogP contribution in [0, 0.1) is 6.92 Å². The summed E-state index contributed by atoms with van der Waals surface area (Å²) >= 11 is 1.54. The lowest BCUT2D eigenvalue weighted by Crippen LogP contribution is -2.44. The summed E-state index contributed by atoms with van der Waals surface area (Å²) in [5, 5.41) is 11.7. The van der Waals surface area contributed by atoms with Gasteiger partial charge in [0.15, 0.2) is 0 Å². The molecular formula is C12H17N3O3S. The topological polar surface area (TPSA) is 73.7 Å². The number of aromatic nitrogens is 1. The van der Waals surface area contributed by atoms with Crippen molar-refractivity contribution in [3.05, 3.63) is 16.1 Å². The first kappa shape index (κ1) is 13.8. The Kier molecular flexibility index (Phi) is 4.04. The highest BCUT2D eigenvalue weighted by Crippen LogP contribution is 2.27. The van der Waals surface area contributed by atoms with Gasteiger partial charge in [0, 0.05) is 18.5 Å². The Hall–Kier alpha value is -1.63. The monoisotopic (exact) mass is 283 g/mol. The third-order valence-corrected chi connectivity index (χ3v) is 3.75. The third kappa shape index (κ3) is 3.66. The van der Waals surface area contributed by atoms with Crippen LogP contribution in [-0.4, -0.2) is 51.5 Å². The molecule has 0 atom stereocenters. The Balaban J connectivity index is 1.98. The van der Waals surface area contributed by atoms with E-state index in [1.165, 1.54) is 21.1 Å². The molecule has 19 heavy (non-hydrogen) atoms. The molecule has 6 nitrogen and oxygen atoms in total. The molecule has 2 rings (SSSR count). The maximum atomic E-state index is 12.2. The van der Waals surface area contributed by atoms with Gasteiger partial charge in [-0.1, -0.05) is 0 Å².